The molecular weight excluding hydrogens is 283 g/mol. The molecule has 1 nitrogen and oxygen atoms in total. The zero-order chi connectivity index (χ0) is 14.6. The Labute approximate surface area is 120 Å². The number of rotatable bonds is 4. The van der Waals surface area contributed by atoms with E-state index in [4.69, 9.17) is 0 Å². The Kier molecular flexibility index (Phi) is 4.60. The number of anilines is 1. The van der Waals surface area contributed by atoms with Crippen LogP contribution in [0.3, 0.4) is 0 Å². The summed E-state index contributed by atoms with van der Waals surface area (Å²) in [4.78, 5) is 0.189. The van der Waals surface area contributed by atoms with Crippen LogP contribution in [0.2, 0.25) is 0 Å². The van der Waals surface area contributed by atoms with Crippen LogP contribution in [0.4, 0.5) is 18.9 Å². The second-order valence-corrected chi connectivity index (χ2v) is 5.43. The monoisotopic (exact) mass is 297 g/mol. The van der Waals surface area contributed by atoms with Gasteiger partial charge < -0.3 is 5.32 Å². The summed E-state index contributed by atoms with van der Waals surface area (Å²) in [6.07, 6.45) is 0. The van der Waals surface area contributed by atoms with Gasteiger partial charge in [-0.25, -0.2) is 0 Å². The number of para-hydroxylation sites is 1. The standard InChI is InChI=1S/C15H14F3NS/c1-11-6-2-3-7-12(11)10-19-13-8-4-5-9-14(13)20-15(16,17)18/h2-9,19H,10H2,1H3. The molecule has 0 atom stereocenters. The number of halogens is 3. The molecule has 1 N–H and O–H groups in total. The maximum Gasteiger partial charge on any atom is 0.446 e. The fourth-order valence-corrected chi connectivity index (χ4v) is 2.47. The Morgan fingerprint density at radius 1 is 1.00 bits per heavy atom. The van der Waals surface area contributed by atoms with Crippen molar-refractivity contribution < 1.29 is 13.2 Å². The minimum absolute atomic E-state index is 0.0958. The van der Waals surface area contributed by atoms with Crippen molar-refractivity contribution >= 4 is 17.4 Å². The topological polar surface area (TPSA) is 12.0 Å². The van der Waals surface area contributed by atoms with E-state index in [0.717, 1.165) is 11.1 Å². The van der Waals surface area contributed by atoms with E-state index in [2.05, 4.69) is 5.32 Å². The molecule has 0 aliphatic rings. The van der Waals surface area contributed by atoms with Crippen molar-refractivity contribution in [2.75, 3.05) is 5.32 Å². The van der Waals surface area contributed by atoms with Crippen LogP contribution in [-0.2, 0) is 6.54 Å². The van der Waals surface area contributed by atoms with Gasteiger partial charge in [0.1, 0.15) is 0 Å². The Bertz CT molecular complexity index is 581. The van der Waals surface area contributed by atoms with Gasteiger partial charge in [0.05, 0.1) is 0 Å². The summed E-state index contributed by atoms with van der Waals surface area (Å²) in [5.41, 5.74) is -1.60. The maximum absolute atomic E-state index is 12.5. The number of alkyl halides is 3. The molecule has 2 rings (SSSR count). The zero-order valence-electron chi connectivity index (χ0n) is 10.9. The summed E-state index contributed by atoms with van der Waals surface area (Å²) >= 11 is -0.0958. The number of aryl methyl sites for hydroxylation is 1. The molecule has 0 fully saturated rings. The average molecular weight is 297 g/mol. The molecule has 0 saturated carbocycles. The van der Waals surface area contributed by atoms with Crippen LogP contribution in [-0.4, -0.2) is 5.51 Å². The second-order valence-electron chi connectivity index (χ2n) is 4.32. The van der Waals surface area contributed by atoms with Gasteiger partial charge in [0.2, 0.25) is 0 Å². The van der Waals surface area contributed by atoms with Crippen LogP contribution in [0.1, 0.15) is 11.1 Å². The van der Waals surface area contributed by atoms with Gasteiger partial charge in [-0.2, -0.15) is 13.2 Å². The van der Waals surface area contributed by atoms with Crippen molar-refractivity contribution in [1.82, 2.24) is 0 Å². The third kappa shape index (κ3) is 4.20. The minimum atomic E-state index is -4.28. The van der Waals surface area contributed by atoms with E-state index in [9.17, 15) is 13.2 Å². The first kappa shape index (κ1) is 14.8. The normalized spacial score (nSPS) is 11.4. The number of benzene rings is 2. The Hall–Kier alpha value is -1.62. The summed E-state index contributed by atoms with van der Waals surface area (Å²) < 4.78 is 37.5. The Balaban J connectivity index is 2.12. The molecule has 0 aliphatic carbocycles. The summed E-state index contributed by atoms with van der Waals surface area (Å²) in [5.74, 6) is 0. The van der Waals surface area contributed by atoms with E-state index >= 15 is 0 Å². The number of hydrogen-bond donors (Lipinski definition) is 1. The van der Waals surface area contributed by atoms with E-state index in [1.165, 1.54) is 6.07 Å². The highest BCUT2D eigenvalue weighted by Crippen LogP contribution is 2.40. The molecule has 2 aromatic carbocycles. The third-order valence-corrected chi connectivity index (χ3v) is 3.65. The quantitative estimate of drug-likeness (QED) is 0.777. The Morgan fingerprint density at radius 2 is 1.65 bits per heavy atom. The average Bonchev–Trinajstić information content (AvgIpc) is 2.37. The molecule has 0 saturated heterocycles. The molecular formula is C15H14F3NS. The van der Waals surface area contributed by atoms with Crippen LogP contribution < -0.4 is 5.32 Å². The molecule has 0 radical (unpaired) electrons. The van der Waals surface area contributed by atoms with Gasteiger partial charge >= 0.3 is 5.51 Å². The largest absolute Gasteiger partial charge is 0.446 e. The summed E-state index contributed by atoms with van der Waals surface area (Å²) in [6, 6.07) is 14.3. The number of thioether (sulfide) groups is 1. The van der Waals surface area contributed by atoms with Gasteiger partial charge in [-0.15, -0.1) is 0 Å². The first-order chi connectivity index (χ1) is 9.46. The van der Waals surface area contributed by atoms with Crippen molar-refractivity contribution in [3.05, 3.63) is 59.7 Å². The molecule has 2 aromatic rings. The van der Waals surface area contributed by atoms with E-state index < -0.39 is 5.51 Å². The number of nitrogens with one attached hydrogen (secondary N) is 1. The van der Waals surface area contributed by atoms with Crippen LogP contribution in [0.5, 0.6) is 0 Å². The van der Waals surface area contributed by atoms with Crippen molar-refractivity contribution in [1.29, 1.82) is 0 Å². The SMILES string of the molecule is Cc1ccccc1CNc1ccccc1SC(F)(F)F. The summed E-state index contributed by atoms with van der Waals surface area (Å²) in [5, 5.41) is 3.07. The molecule has 20 heavy (non-hydrogen) atoms. The van der Waals surface area contributed by atoms with Gasteiger partial charge in [-0.3, -0.25) is 0 Å². The Morgan fingerprint density at radius 3 is 2.35 bits per heavy atom. The van der Waals surface area contributed by atoms with Gasteiger partial charge in [0, 0.05) is 17.1 Å². The van der Waals surface area contributed by atoms with Crippen molar-refractivity contribution in [3.63, 3.8) is 0 Å². The first-order valence-electron chi connectivity index (χ1n) is 6.09. The van der Waals surface area contributed by atoms with Gasteiger partial charge in [-0.1, -0.05) is 36.4 Å². The molecule has 0 aliphatic heterocycles. The first-order valence-corrected chi connectivity index (χ1v) is 6.90. The van der Waals surface area contributed by atoms with E-state index in [1.807, 2.05) is 31.2 Å². The number of hydrogen-bond acceptors (Lipinski definition) is 2. The molecule has 0 amide bonds. The van der Waals surface area contributed by atoms with Crippen LogP contribution in [0.15, 0.2) is 53.4 Å². The van der Waals surface area contributed by atoms with E-state index in [1.54, 1.807) is 18.2 Å². The smallest absolute Gasteiger partial charge is 0.380 e. The maximum atomic E-state index is 12.5. The zero-order valence-corrected chi connectivity index (χ0v) is 11.7. The lowest BCUT2D eigenvalue weighted by molar-refractivity contribution is -0.0327. The molecule has 0 spiro atoms. The minimum Gasteiger partial charge on any atom is -0.380 e. The highest BCUT2D eigenvalue weighted by atomic mass is 32.2. The van der Waals surface area contributed by atoms with Crippen molar-refractivity contribution in [3.8, 4) is 0 Å². The lowest BCUT2D eigenvalue weighted by Crippen LogP contribution is -2.05. The van der Waals surface area contributed by atoms with Gasteiger partial charge in [0.15, 0.2) is 0 Å². The fourth-order valence-electron chi connectivity index (χ4n) is 1.83. The molecule has 106 valence electrons. The third-order valence-electron chi connectivity index (χ3n) is 2.84. The lowest BCUT2D eigenvalue weighted by atomic mass is 10.1. The van der Waals surface area contributed by atoms with E-state index in [-0.39, 0.29) is 16.7 Å². The van der Waals surface area contributed by atoms with Crippen LogP contribution in [0, 0.1) is 6.92 Å². The molecule has 5 heteroatoms. The van der Waals surface area contributed by atoms with Crippen molar-refractivity contribution in [2.24, 2.45) is 0 Å². The predicted octanol–water partition coefficient (Wildman–Crippen LogP) is 5.22. The molecule has 0 heterocycles. The molecule has 0 unspecified atom stereocenters. The van der Waals surface area contributed by atoms with Crippen molar-refractivity contribution in [2.45, 2.75) is 23.9 Å². The highest BCUT2D eigenvalue weighted by molar-refractivity contribution is 8.00. The lowest BCUT2D eigenvalue weighted by Gasteiger charge is -2.14. The van der Waals surface area contributed by atoms with E-state index in [0.29, 0.717) is 12.2 Å². The van der Waals surface area contributed by atoms with Crippen LogP contribution in [0.25, 0.3) is 0 Å². The highest BCUT2D eigenvalue weighted by Gasteiger charge is 2.30. The van der Waals surface area contributed by atoms with Gasteiger partial charge in [0.25, 0.3) is 0 Å². The summed E-state index contributed by atoms with van der Waals surface area (Å²) in [7, 11) is 0. The second kappa shape index (κ2) is 6.22. The summed E-state index contributed by atoms with van der Waals surface area (Å²) in [6.45, 7) is 2.48. The van der Waals surface area contributed by atoms with Crippen LogP contribution >= 0.6 is 11.8 Å². The fraction of sp³-hybridized carbons (Fsp3) is 0.200. The molecule has 0 aromatic heterocycles. The van der Waals surface area contributed by atoms with Gasteiger partial charge in [-0.05, 0) is 41.9 Å². The molecule has 0 bridgehead atoms. The predicted molar refractivity (Wildman–Crippen MR) is 76.9 cm³/mol.